The minimum Gasteiger partial charge on any atom is -0.472 e. The van der Waals surface area contributed by atoms with E-state index < -0.39 is 46.8 Å². The number of ether oxygens (including phenoxy) is 4. The van der Waals surface area contributed by atoms with Gasteiger partial charge in [0.1, 0.15) is 28.4 Å². The molecule has 0 saturated carbocycles. The fourth-order valence-electron chi connectivity index (χ4n) is 14.3. The van der Waals surface area contributed by atoms with Crippen LogP contribution in [0.5, 0.6) is 0 Å². The Kier molecular flexibility index (Phi) is 32.0. The molecule has 4 aromatic heterocycles. The highest BCUT2D eigenvalue weighted by Gasteiger charge is 2.39. The van der Waals surface area contributed by atoms with Crippen molar-refractivity contribution in [3.05, 3.63) is 371 Å². The maximum atomic E-state index is 13.3. The normalized spacial score (nSPS) is 15.6. The Balaban J connectivity index is 0.000000152. The van der Waals surface area contributed by atoms with Crippen LogP contribution in [-0.4, -0.2) is 128 Å². The monoisotopic (exact) mass is 2070 g/mol. The van der Waals surface area contributed by atoms with Crippen LogP contribution in [0.2, 0.25) is 0 Å². The summed E-state index contributed by atoms with van der Waals surface area (Å²) in [5, 5.41) is 35.8. The van der Waals surface area contributed by atoms with E-state index in [1.54, 1.807) is 146 Å². The molecule has 0 radical (unpaired) electrons. The largest absolute Gasteiger partial charge is 0.472 e. The topological polar surface area (TPSA) is 336 Å². The summed E-state index contributed by atoms with van der Waals surface area (Å²) in [7, 11) is 0. The molecule has 0 fully saturated rings. The highest BCUT2D eigenvalue weighted by atomic mass is 79.9. The number of hydrazone groups is 4. The standard InChI is InChI=1S/3C26H25BrN4O3.C25H24BrN3O4/c1-26(2,3)34-25(33)29-21-10-6-17(7-11-21)22-16-23(18-12-14-28-15-13-18)31(30-22)24(32)19-4-8-20(27)9-5-19;1-26(2,3)34-25(33)29-21-12-8-17(9-13-21)22-15-23(19-5-4-14-28-16-19)31(30-22)24(32)18-6-10-20(27)11-7-18;1-26(2,3)34-25(33)29-20-13-9-17(10-14-20)22-16-23(21-6-4-5-15-28-21)31(30-22)24(32)18-7-11-19(27)12-8-18;1-25(2,3)33-24(31)27-20-10-6-16(7-11-20)21-14-22(18-12-13-32-15-18)29(28-21)23(30)17-4-8-19(26)9-5-17/h4-15,23H,16H2,1-3H3,(H,29,33);4-14,16,23H,15H2,1-3H3,(H,29,33);4-15,23H,16H2,1-3H3,(H,29,33);4-13,15,22H,14H2,1-3H3,(H,27,31). The number of anilines is 4. The average molecular weight is 2070 g/mol. The van der Waals surface area contributed by atoms with Crippen molar-refractivity contribution in [1.29, 1.82) is 0 Å². The SMILES string of the molecule is CC(C)(C)OC(=O)Nc1ccc(C2=NN(C(=O)c3ccc(Br)cc3)C(c3ccccn3)C2)cc1.CC(C)(C)OC(=O)Nc1ccc(C2=NN(C(=O)c3ccc(Br)cc3)C(c3cccnc3)C2)cc1.CC(C)(C)OC(=O)Nc1ccc(C2=NN(C(=O)c3ccc(Br)cc3)C(c3ccncc3)C2)cc1.CC(C)(C)OC(=O)Nc1ccc(C2=NN(C(=O)c3ccc(Br)cc3)C(c3ccoc3)C2)cc1. The van der Waals surface area contributed by atoms with Gasteiger partial charge in [-0.05, 0) is 298 Å². The lowest BCUT2D eigenvalue weighted by Gasteiger charge is -2.22. The van der Waals surface area contributed by atoms with Crippen molar-refractivity contribution >= 4 is 157 Å². The van der Waals surface area contributed by atoms with Crippen molar-refractivity contribution in [2.75, 3.05) is 21.3 Å². The van der Waals surface area contributed by atoms with Crippen LogP contribution in [-0.2, 0) is 18.9 Å². The molecule has 4 aliphatic rings. The molecule has 0 aliphatic carbocycles. The van der Waals surface area contributed by atoms with Gasteiger partial charge >= 0.3 is 24.4 Å². The third-order valence-electron chi connectivity index (χ3n) is 20.4. The highest BCUT2D eigenvalue weighted by Crippen LogP contribution is 2.40. The minimum atomic E-state index is -0.575. The maximum Gasteiger partial charge on any atom is 0.412 e. The van der Waals surface area contributed by atoms with Gasteiger partial charge < -0.3 is 23.4 Å². The van der Waals surface area contributed by atoms with Gasteiger partial charge in [-0.15, -0.1) is 0 Å². The van der Waals surface area contributed by atoms with Crippen molar-refractivity contribution in [1.82, 2.24) is 35.0 Å². The summed E-state index contributed by atoms with van der Waals surface area (Å²) in [5.41, 5.74) is 12.5. The Morgan fingerprint density at radius 3 is 0.881 bits per heavy atom. The first-order chi connectivity index (χ1) is 64.3. The van der Waals surface area contributed by atoms with E-state index in [2.05, 4.69) is 105 Å². The molecule has 8 heterocycles. The number of nitrogens with one attached hydrogen (secondary N) is 4. The van der Waals surface area contributed by atoms with E-state index >= 15 is 0 Å². The molecule has 4 atom stereocenters. The Labute approximate surface area is 816 Å². The number of aromatic nitrogens is 3. The van der Waals surface area contributed by atoms with Gasteiger partial charge in [-0.1, -0.05) is 124 Å². The predicted molar refractivity (Wildman–Crippen MR) is 533 cm³/mol. The minimum absolute atomic E-state index is 0.174. The molecule has 32 heteroatoms. The van der Waals surface area contributed by atoms with Crippen LogP contribution in [0.4, 0.5) is 41.9 Å². The molecule has 4 unspecified atom stereocenters. The number of hydrogen-bond donors (Lipinski definition) is 4. The lowest BCUT2D eigenvalue weighted by atomic mass is 9.98. The van der Waals surface area contributed by atoms with Crippen LogP contribution in [0, 0.1) is 0 Å². The van der Waals surface area contributed by atoms with E-state index in [4.69, 9.17) is 38.7 Å². The lowest BCUT2D eigenvalue weighted by molar-refractivity contribution is 0.0624. The average Bonchev–Trinajstić information content (AvgIpc) is 1.66. The smallest absolute Gasteiger partial charge is 0.412 e. The van der Waals surface area contributed by atoms with E-state index in [0.29, 0.717) is 70.7 Å². The van der Waals surface area contributed by atoms with Crippen molar-refractivity contribution in [2.45, 2.75) is 155 Å². The summed E-state index contributed by atoms with van der Waals surface area (Å²) in [6, 6.07) is 72.2. The number of rotatable bonds is 16. The van der Waals surface area contributed by atoms with Gasteiger partial charge in [0.05, 0.1) is 59.2 Å². The first-order valence-corrected chi connectivity index (χ1v) is 46.3. The van der Waals surface area contributed by atoms with Crippen molar-refractivity contribution in [2.24, 2.45) is 20.4 Å². The summed E-state index contributed by atoms with van der Waals surface area (Å²) < 4.78 is 30.0. The molecule has 4 N–H and O–H groups in total. The molecule has 0 bridgehead atoms. The van der Waals surface area contributed by atoms with Gasteiger partial charge in [0.2, 0.25) is 0 Å². The Hall–Kier alpha value is -14.0. The van der Waals surface area contributed by atoms with Gasteiger partial charge in [0.25, 0.3) is 23.6 Å². The molecule has 28 nitrogen and oxygen atoms in total. The predicted octanol–water partition coefficient (Wildman–Crippen LogP) is 24.9. The molecule has 4 aliphatic heterocycles. The number of benzene rings is 8. The third-order valence-corrected chi connectivity index (χ3v) is 22.5. The van der Waals surface area contributed by atoms with Crippen molar-refractivity contribution in [3.8, 4) is 0 Å². The maximum absolute atomic E-state index is 13.3. The van der Waals surface area contributed by atoms with Gasteiger partial charge in [-0.3, -0.25) is 55.4 Å². The quantitative estimate of drug-likeness (QED) is 0.0653. The summed E-state index contributed by atoms with van der Waals surface area (Å²) in [6.07, 6.45) is 12.0. The molecule has 0 spiro atoms. The molecule has 12 aromatic rings. The Bertz CT molecular complexity index is 5860. The van der Waals surface area contributed by atoms with E-state index in [-0.39, 0.29) is 47.8 Å². The zero-order chi connectivity index (χ0) is 96.5. The van der Waals surface area contributed by atoms with Crippen LogP contribution in [0.25, 0.3) is 0 Å². The van der Waals surface area contributed by atoms with Gasteiger partial charge in [0.15, 0.2) is 0 Å². The zero-order valence-electron chi connectivity index (χ0n) is 76.0. The molecule has 692 valence electrons. The van der Waals surface area contributed by atoms with Crippen LogP contribution >= 0.6 is 63.7 Å². The van der Waals surface area contributed by atoms with Crippen molar-refractivity contribution in [3.63, 3.8) is 0 Å². The molecule has 135 heavy (non-hydrogen) atoms. The fourth-order valence-corrected chi connectivity index (χ4v) is 15.3. The van der Waals surface area contributed by atoms with Gasteiger partial charge in [-0.2, -0.15) is 20.4 Å². The lowest BCUT2D eigenvalue weighted by Crippen LogP contribution is -2.27. The number of carbonyl (C=O) groups excluding carboxylic acids is 8. The third kappa shape index (κ3) is 27.9. The van der Waals surface area contributed by atoms with Crippen LogP contribution in [0.1, 0.15) is 219 Å². The van der Waals surface area contributed by atoms with Crippen LogP contribution in [0.15, 0.2) is 329 Å². The van der Waals surface area contributed by atoms with E-state index in [1.165, 1.54) is 15.0 Å². The zero-order valence-corrected chi connectivity index (χ0v) is 82.4. The second kappa shape index (κ2) is 43.8. The first kappa shape index (κ1) is 98.6. The van der Waals surface area contributed by atoms with Gasteiger partial charge in [-0.25, -0.2) is 39.2 Å². The number of hydrogen-bond acceptors (Lipinski definition) is 20. The molecule has 0 saturated heterocycles. The number of amides is 8. The number of halogens is 4. The number of nitrogens with zero attached hydrogens (tertiary/aromatic N) is 11. The molecule has 16 rings (SSSR count). The number of pyridine rings is 3. The highest BCUT2D eigenvalue weighted by molar-refractivity contribution is 9.11. The van der Waals surface area contributed by atoms with Gasteiger partial charge in [0, 0.05) is 125 Å². The first-order valence-electron chi connectivity index (χ1n) is 43.1. The molecular formula is C103H99Br4N15O13. The number of furan rings is 1. The summed E-state index contributed by atoms with van der Waals surface area (Å²) in [4.78, 5) is 114. The van der Waals surface area contributed by atoms with Crippen LogP contribution < -0.4 is 21.3 Å². The summed E-state index contributed by atoms with van der Waals surface area (Å²) >= 11 is 13.6. The Morgan fingerprint density at radius 1 is 0.311 bits per heavy atom. The second-order valence-corrected chi connectivity index (χ2v) is 39.1. The summed E-state index contributed by atoms with van der Waals surface area (Å²) in [6.45, 7) is 21.8. The van der Waals surface area contributed by atoms with Crippen molar-refractivity contribution < 1.29 is 61.7 Å². The second-order valence-electron chi connectivity index (χ2n) is 35.4. The van der Waals surface area contributed by atoms with Crippen LogP contribution in [0.3, 0.4) is 0 Å². The Morgan fingerprint density at radius 2 is 0.607 bits per heavy atom. The van der Waals surface area contributed by atoms with E-state index in [0.717, 1.165) is 85.4 Å². The molecule has 8 aromatic carbocycles. The molecular weight excluding hydrogens is 1970 g/mol. The summed E-state index contributed by atoms with van der Waals surface area (Å²) in [5.74, 6) is -0.736. The van der Waals surface area contributed by atoms with E-state index in [9.17, 15) is 38.4 Å². The van der Waals surface area contributed by atoms with E-state index in [1.807, 2.05) is 229 Å². The number of carbonyl (C=O) groups is 8. The fraction of sp³-hybridized carbons (Fsp3) is 0.233. The molecule has 8 amide bonds.